The Morgan fingerprint density at radius 3 is 2.58 bits per heavy atom. The van der Waals surface area contributed by atoms with Crippen LogP contribution >= 0.6 is 0 Å². The van der Waals surface area contributed by atoms with Crippen molar-refractivity contribution < 1.29 is 14.3 Å². The van der Waals surface area contributed by atoms with Gasteiger partial charge < -0.3 is 15.8 Å². The fourth-order valence-corrected chi connectivity index (χ4v) is 3.88. The summed E-state index contributed by atoms with van der Waals surface area (Å²) >= 11 is 0. The Labute approximate surface area is 181 Å². The van der Waals surface area contributed by atoms with Gasteiger partial charge in [-0.3, -0.25) is 14.5 Å². The van der Waals surface area contributed by atoms with Crippen molar-refractivity contribution in [2.75, 3.05) is 11.9 Å². The lowest BCUT2D eigenvalue weighted by atomic mass is 10.1. The molecular weight excluding hydrogens is 390 g/mol. The number of ether oxygens (including phenoxy) is 1. The van der Waals surface area contributed by atoms with Crippen LogP contribution < -0.4 is 15.8 Å². The minimum atomic E-state index is -0.281. The summed E-state index contributed by atoms with van der Waals surface area (Å²) in [4.78, 5) is 26.7. The molecule has 1 unspecified atom stereocenters. The van der Waals surface area contributed by atoms with E-state index in [9.17, 15) is 9.59 Å². The average Bonchev–Trinajstić information content (AvgIpc) is 3.23. The third kappa shape index (κ3) is 5.10. The van der Waals surface area contributed by atoms with Crippen LogP contribution in [0.5, 0.6) is 11.5 Å². The van der Waals surface area contributed by atoms with Crippen molar-refractivity contribution in [3.05, 3.63) is 90.0 Å². The fourth-order valence-electron chi connectivity index (χ4n) is 3.88. The highest BCUT2D eigenvalue weighted by Crippen LogP contribution is 2.26. The highest BCUT2D eigenvalue weighted by Gasteiger charge is 2.28. The summed E-state index contributed by atoms with van der Waals surface area (Å²) in [7, 11) is 0. The quantitative estimate of drug-likeness (QED) is 0.606. The SMILES string of the molecule is NC(=O)C1CCCN1Cc1cccc(NC(=O)c2ccccc2Oc2ccccc2)c1. The van der Waals surface area contributed by atoms with Crippen molar-refractivity contribution in [3.8, 4) is 11.5 Å². The number of primary amides is 1. The normalized spacial score (nSPS) is 16.1. The predicted molar refractivity (Wildman–Crippen MR) is 120 cm³/mol. The van der Waals surface area contributed by atoms with Crippen LogP contribution in [0.15, 0.2) is 78.9 Å². The van der Waals surface area contributed by atoms with E-state index in [1.165, 1.54) is 0 Å². The maximum absolute atomic E-state index is 13.0. The molecule has 6 heteroatoms. The van der Waals surface area contributed by atoms with Crippen molar-refractivity contribution in [2.45, 2.75) is 25.4 Å². The van der Waals surface area contributed by atoms with Crippen molar-refractivity contribution in [1.82, 2.24) is 4.90 Å². The molecule has 0 spiro atoms. The molecule has 2 amide bonds. The molecule has 158 valence electrons. The van der Waals surface area contributed by atoms with Gasteiger partial charge in [0.25, 0.3) is 5.91 Å². The van der Waals surface area contributed by atoms with Crippen LogP contribution in [0.1, 0.15) is 28.8 Å². The van der Waals surface area contributed by atoms with Gasteiger partial charge in [0.2, 0.25) is 5.91 Å². The van der Waals surface area contributed by atoms with E-state index in [0.29, 0.717) is 29.3 Å². The topological polar surface area (TPSA) is 84.7 Å². The highest BCUT2D eigenvalue weighted by molar-refractivity contribution is 6.06. The molecule has 3 aromatic carbocycles. The van der Waals surface area contributed by atoms with Gasteiger partial charge in [-0.2, -0.15) is 0 Å². The Morgan fingerprint density at radius 1 is 1.00 bits per heavy atom. The molecule has 0 radical (unpaired) electrons. The number of carbonyl (C=O) groups is 2. The molecule has 3 aromatic rings. The molecule has 4 rings (SSSR count). The largest absolute Gasteiger partial charge is 0.457 e. The zero-order valence-corrected chi connectivity index (χ0v) is 17.2. The van der Waals surface area contributed by atoms with Gasteiger partial charge in [-0.05, 0) is 61.3 Å². The van der Waals surface area contributed by atoms with E-state index >= 15 is 0 Å². The van der Waals surface area contributed by atoms with E-state index in [0.717, 1.165) is 24.9 Å². The van der Waals surface area contributed by atoms with Gasteiger partial charge in [0.1, 0.15) is 11.5 Å². The van der Waals surface area contributed by atoms with Gasteiger partial charge in [0, 0.05) is 12.2 Å². The van der Waals surface area contributed by atoms with Gasteiger partial charge in [-0.1, -0.05) is 42.5 Å². The van der Waals surface area contributed by atoms with E-state index in [1.54, 1.807) is 18.2 Å². The molecule has 0 aromatic heterocycles. The molecule has 0 saturated carbocycles. The number of benzene rings is 3. The number of amides is 2. The number of nitrogens with two attached hydrogens (primary N) is 1. The van der Waals surface area contributed by atoms with Crippen molar-refractivity contribution in [1.29, 1.82) is 0 Å². The van der Waals surface area contributed by atoms with Crippen molar-refractivity contribution in [3.63, 3.8) is 0 Å². The summed E-state index contributed by atoms with van der Waals surface area (Å²) in [5, 5.41) is 2.95. The second-order valence-electron chi connectivity index (χ2n) is 7.60. The second kappa shape index (κ2) is 9.45. The third-order valence-electron chi connectivity index (χ3n) is 5.37. The van der Waals surface area contributed by atoms with Crippen molar-refractivity contribution >= 4 is 17.5 Å². The van der Waals surface area contributed by atoms with E-state index in [4.69, 9.17) is 10.5 Å². The van der Waals surface area contributed by atoms with Gasteiger partial charge in [0.15, 0.2) is 0 Å². The highest BCUT2D eigenvalue weighted by atomic mass is 16.5. The van der Waals surface area contributed by atoms with E-state index in [1.807, 2.05) is 60.7 Å². The molecule has 0 bridgehead atoms. The summed E-state index contributed by atoms with van der Waals surface area (Å²) in [6.07, 6.45) is 1.76. The Morgan fingerprint density at radius 2 is 1.77 bits per heavy atom. The number of rotatable bonds is 7. The molecule has 1 saturated heterocycles. The number of hydrogen-bond acceptors (Lipinski definition) is 4. The Hall–Kier alpha value is -3.64. The van der Waals surface area contributed by atoms with Crippen LogP contribution in [0.25, 0.3) is 0 Å². The number of carbonyl (C=O) groups excluding carboxylic acids is 2. The minimum absolute atomic E-state index is 0.222. The lowest BCUT2D eigenvalue weighted by molar-refractivity contribution is -0.122. The number of hydrogen-bond donors (Lipinski definition) is 2. The van der Waals surface area contributed by atoms with Crippen LogP contribution in [0, 0.1) is 0 Å². The first-order valence-electron chi connectivity index (χ1n) is 10.4. The maximum Gasteiger partial charge on any atom is 0.259 e. The predicted octanol–water partition coefficient (Wildman–Crippen LogP) is 4.18. The maximum atomic E-state index is 13.0. The number of para-hydroxylation sites is 2. The van der Waals surface area contributed by atoms with Gasteiger partial charge in [0.05, 0.1) is 11.6 Å². The monoisotopic (exact) mass is 415 g/mol. The first-order chi connectivity index (χ1) is 15.1. The average molecular weight is 415 g/mol. The van der Waals surface area contributed by atoms with Crippen LogP contribution in [-0.4, -0.2) is 29.3 Å². The Balaban J connectivity index is 1.47. The molecule has 6 nitrogen and oxygen atoms in total. The van der Waals surface area contributed by atoms with E-state index in [2.05, 4.69) is 10.2 Å². The molecule has 1 fully saturated rings. The third-order valence-corrected chi connectivity index (χ3v) is 5.37. The zero-order valence-electron chi connectivity index (χ0n) is 17.2. The summed E-state index contributed by atoms with van der Waals surface area (Å²) in [6, 6.07) is 23.9. The molecule has 3 N–H and O–H groups in total. The van der Waals surface area contributed by atoms with Gasteiger partial charge in [-0.25, -0.2) is 0 Å². The molecular formula is C25H25N3O3. The van der Waals surface area contributed by atoms with E-state index < -0.39 is 0 Å². The fraction of sp³-hybridized carbons (Fsp3) is 0.200. The number of nitrogens with zero attached hydrogens (tertiary/aromatic N) is 1. The second-order valence-corrected chi connectivity index (χ2v) is 7.60. The van der Waals surface area contributed by atoms with Gasteiger partial charge >= 0.3 is 0 Å². The summed E-state index contributed by atoms with van der Waals surface area (Å²) in [5.41, 5.74) is 7.67. The first kappa shape index (κ1) is 20.6. The molecule has 31 heavy (non-hydrogen) atoms. The number of likely N-dealkylation sites (tertiary alicyclic amines) is 1. The van der Waals surface area contributed by atoms with Crippen LogP contribution in [0.3, 0.4) is 0 Å². The molecule has 1 heterocycles. The van der Waals surface area contributed by atoms with Crippen molar-refractivity contribution in [2.24, 2.45) is 5.73 Å². The first-order valence-corrected chi connectivity index (χ1v) is 10.4. The number of anilines is 1. The summed E-state index contributed by atoms with van der Waals surface area (Å²) < 4.78 is 5.90. The van der Waals surface area contributed by atoms with E-state index in [-0.39, 0.29) is 17.9 Å². The summed E-state index contributed by atoms with van der Waals surface area (Å²) in [6.45, 7) is 1.46. The lowest BCUT2D eigenvalue weighted by Crippen LogP contribution is -2.39. The smallest absolute Gasteiger partial charge is 0.259 e. The number of nitrogens with one attached hydrogen (secondary N) is 1. The standard InChI is InChI=1S/C25H25N3O3/c26-24(29)22-13-7-15-28(22)17-18-8-6-9-19(16-18)27-25(30)21-12-4-5-14-23(21)31-20-10-2-1-3-11-20/h1-6,8-12,14,16,22H,7,13,15,17H2,(H2,26,29)(H,27,30). The summed E-state index contributed by atoms with van der Waals surface area (Å²) in [5.74, 6) is 0.625. The Kier molecular flexibility index (Phi) is 6.29. The van der Waals surface area contributed by atoms with Crippen LogP contribution in [0.4, 0.5) is 5.69 Å². The molecule has 1 aliphatic heterocycles. The lowest BCUT2D eigenvalue weighted by Gasteiger charge is -2.22. The molecule has 0 aliphatic carbocycles. The Bertz CT molecular complexity index is 1070. The molecule has 1 atom stereocenters. The minimum Gasteiger partial charge on any atom is -0.457 e. The molecule has 1 aliphatic rings. The zero-order chi connectivity index (χ0) is 21.6. The van der Waals surface area contributed by atoms with Gasteiger partial charge in [-0.15, -0.1) is 0 Å². The van der Waals surface area contributed by atoms with Crippen LogP contribution in [0.2, 0.25) is 0 Å². The van der Waals surface area contributed by atoms with Crippen LogP contribution in [-0.2, 0) is 11.3 Å².